The molecular weight excluding hydrogens is 606 g/mol. The van der Waals surface area contributed by atoms with Gasteiger partial charge in [-0.3, -0.25) is 0 Å². The number of benzene rings is 4. The summed E-state index contributed by atoms with van der Waals surface area (Å²) in [5.74, 6) is 0.874. The van der Waals surface area contributed by atoms with Gasteiger partial charge in [0.25, 0.3) is 0 Å². The average Bonchev–Trinajstić information content (AvgIpc) is 3.98. The van der Waals surface area contributed by atoms with Crippen molar-refractivity contribution < 1.29 is 9.94 Å². The van der Waals surface area contributed by atoms with E-state index in [1.807, 2.05) is 102 Å². The Morgan fingerprint density at radius 3 is 1.82 bits per heavy atom. The Labute approximate surface area is 280 Å². The summed E-state index contributed by atoms with van der Waals surface area (Å²) in [4.78, 5) is 20.3. The second-order valence-corrected chi connectivity index (χ2v) is 12.2. The third-order valence-electron chi connectivity index (χ3n) is 9.42. The molecule has 11 rings (SSSR count). The highest BCUT2D eigenvalue weighted by Gasteiger charge is 2.21. The molecule has 4 aliphatic heterocycles. The van der Waals surface area contributed by atoms with Crippen molar-refractivity contribution in [2.45, 2.75) is 0 Å². The Morgan fingerprint density at radius 1 is 0.490 bits per heavy atom. The number of phenols is 1. The van der Waals surface area contributed by atoms with Gasteiger partial charge in [0.15, 0.2) is 5.75 Å². The third kappa shape index (κ3) is 4.22. The van der Waals surface area contributed by atoms with Crippen molar-refractivity contribution in [1.82, 2.24) is 19.6 Å². The quantitative estimate of drug-likeness (QED) is 0.176. The van der Waals surface area contributed by atoms with E-state index in [0.717, 1.165) is 72.2 Å². The Morgan fingerprint density at radius 2 is 1.06 bits per heavy atom. The molecule has 0 atom stereocenters. The van der Waals surface area contributed by atoms with Gasteiger partial charge in [-0.2, -0.15) is 5.59 Å². The average molecular weight is 634 g/mol. The molecule has 4 aromatic carbocycles. The van der Waals surface area contributed by atoms with Gasteiger partial charge in [0.1, 0.15) is 5.75 Å². The Hall–Kier alpha value is -6.86. The Kier molecular flexibility index (Phi) is 5.89. The molecule has 3 N–H and O–H groups in total. The monoisotopic (exact) mass is 633 g/mol. The van der Waals surface area contributed by atoms with Crippen molar-refractivity contribution in [1.29, 1.82) is 0 Å². The number of H-pyrrole nitrogens is 1. The lowest BCUT2D eigenvalue weighted by atomic mass is 10.0. The number of phenolic OH excluding ortho intramolecular Hbond substituents is 1. The number of rotatable bonds is 2. The highest BCUT2D eigenvalue weighted by molar-refractivity contribution is 6.03. The fourth-order valence-electron chi connectivity index (χ4n) is 7.13. The number of para-hydroxylation sites is 2. The van der Waals surface area contributed by atoms with E-state index in [1.54, 1.807) is 0 Å². The van der Waals surface area contributed by atoms with E-state index in [4.69, 9.17) is 14.8 Å². The van der Waals surface area contributed by atoms with Gasteiger partial charge in [0.2, 0.25) is 0 Å². The summed E-state index contributed by atoms with van der Waals surface area (Å²) in [5, 5.41) is 14.9. The molecule has 7 heterocycles. The molecule has 0 saturated heterocycles. The molecule has 4 aliphatic rings. The Balaban J connectivity index is 1.40. The number of nitrogens with zero attached hydrogens (tertiary/aromatic N) is 3. The molecule has 7 heteroatoms. The van der Waals surface area contributed by atoms with Gasteiger partial charge >= 0.3 is 0 Å². The van der Waals surface area contributed by atoms with Crippen LogP contribution in [0.2, 0.25) is 0 Å². The maximum Gasteiger partial charge on any atom is 0.175 e. The summed E-state index contributed by atoms with van der Waals surface area (Å²) in [6.45, 7) is 0. The van der Waals surface area contributed by atoms with Crippen molar-refractivity contribution in [2.75, 3.05) is 5.59 Å². The predicted octanol–water partition coefficient (Wildman–Crippen LogP) is 9.89. The standard InChI is InChI=1S/C42H27N5O2/c48-41-27-13-7-14-28(41)32-18-22-36(44-32)40(26-11-5-2-6-12-26)38-24-23-37-30-16-8-15-29(42(30)49-46-47(37)38)33-19-21-35(45-33)39(25-9-3-1-4-10-25)34-20-17-31(27)43-34/h1-24,43,46,48H. The van der Waals surface area contributed by atoms with Crippen molar-refractivity contribution in [2.24, 2.45) is 0 Å². The minimum Gasteiger partial charge on any atom is -0.507 e. The molecule has 3 aromatic heterocycles. The summed E-state index contributed by atoms with van der Waals surface area (Å²) in [6.07, 6.45) is 8.06. The van der Waals surface area contributed by atoms with Gasteiger partial charge < -0.3 is 14.9 Å². The topological polar surface area (TPSA) is 88.0 Å². The molecule has 7 nitrogen and oxygen atoms in total. The normalized spacial score (nSPS) is 12.7. The third-order valence-corrected chi connectivity index (χ3v) is 9.42. The zero-order chi connectivity index (χ0) is 32.5. The van der Waals surface area contributed by atoms with Crippen LogP contribution >= 0.6 is 0 Å². The first-order valence-electron chi connectivity index (χ1n) is 16.1. The van der Waals surface area contributed by atoms with E-state index in [9.17, 15) is 5.11 Å². The van der Waals surface area contributed by atoms with Crippen LogP contribution < -0.4 is 10.4 Å². The van der Waals surface area contributed by atoms with Gasteiger partial charge in [0.05, 0.1) is 33.8 Å². The number of aromatic amines is 1. The lowest BCUT2D eigenvalue weighted by Crippen LogP contribution is -2.21. The molecule has 0 amide bonds. The van der Waals surface area contributed by atoms with Crippen LogP contribution in [0.25, 0.3) is 90.2 Å². The maximum absolute atomic E-state index is 11.8. The zero-order valence-electron chi connectivity index (χ0n) is 26.1. The number of hydrogen-bond donors (Lipinski definition) is 3. The molecule has 7 aromatic rings. The van der Waals surface area contributed by atoms with E-state index in [0.29, 0.717) is 22.2 Å². The van der Waals surface area contributed by atoms with Gasteiger partial charge in [-0.25, -0.2) is 14.6 Å². The molecule has 0 saturated carbocycles. The number of aromatic hydroxyl groups is 1. The summed E-state index contributed by atoms with van der Waals surface area (Å²) >= 11 is 0. The minimum atomic E-state index is 0.160. The van der Waals surface area contributed by atoms with Crippen molar-refractivity contribution in [3.63, 3.8) is 0 Å². The molecule has 49 heavy (non-hydrogen) atoms. The molecule has 0 aliphatic carbocycles. The van der Waals surface area contributed by atoms with E-state index >= 15 is 0 Å². The first-order valence-corrected chi connectivity index (χ1v) is 16.1. The first-order chi connectivity index (χ1) is 24.2. The van der Waals surface area contributed by atoms with Crippen LogP contribution in [0.15, 0.2) is 121 Å². The van der Waals surface area contributed by atoms with Crippen LogP contribution in [0.3, 0.4) is 0 Å². The number of nitrogens with one attached hydrogen (secondary N) is 2. The minimum absolute atomic E-state index is 0.160. The van der Waals surface area contributed by atoms with Gasteiger partial charge in [-0.05, 0) is 84.0 Å². The molecule has 0 fully saturated rings. The van der Waals surface area contributed by atoms with E-state index in [2.05, 4.69) is 59.1 Å². The van der Waals surface area contributed by atoms with Crippen LogP contribution in [-0.2, 0) is 0 Å². The fourth-order valence-corrected chi connectivity index (χ4v) is 7.13. The number of aromatic nitrogens is 4. The first kappa shape index (κ1) is 27.3. The summed E-state index contributed by atoms with van der Waals surface area (Å²) in [7, 11) is 0. The highest BCUT2D eigenvalue weighted by atomic mass is 16.7. The van der Waals surface area contributed by atoms with Crippen molar-refractivity contribution >= 4 is 67.9 Å². The van der Waals surface area contributed by atoms with Crippen LogP contribution in [0.4, 0.5) is 0 Å². The molecular formula is C42H27N5O2. The zero-order valence-corrected chi connectivity index (χ0v) is 26.1. The number of fused-ring (bicyclic) bond motifs is 1. The summed E-state index contributed by atoms with van der Waals surface area (Å²) < 4.78 is 1.96. The van der Waals surface area contributed by atoms with Gasteiger partial charge in [-0.1, -0.05) is 72.8 Å². The van der Waals surface area contributed by atoms with E-state index in [1.165, 1.54) is 0 Å². The molecule has 0 radical (unpaired) electrons. The van der Waals surface area contributed by atoms with E-state index in [-0.39, 0.29) is 5.75 Å². The van der Waals surface area contributed by atoms with Crippen molar-refractivity contribution in [3.05, 3.63) is 144 Å². The molecule has 14 bridgehead atoms. The second kappa shape index (κ2) is 10.6. The largest absolute Gasteiger partial charge is 0.507 e. The summed E-state index contributed by atoms with van der Waals surface area (Å²) in [6, 6.07) is 40.6. The van der Waals surface area contributed by atoms with Crippen LogP contribution in [0.1, 0.15) is 22.8 Å². The smallest absolute Gasteiger partial charge is 0.175 e. The molecule has 232 valence electrons. The summed E-state index contributed by atoms with van der Waals surface area (Å²) in [5.41, 5.74) is 13.8. The maximum atomic E-state index is 11.8. The van der Waals surface area contributed by atoms with Crippen LogP contribution in [-0.4, -0.2) is 24.7 Å². The SMILES string of the molecule is Oc1c2cccc1c1ccc([nH]1)c(-c1ccccc1)c1nc(c3cccc4c3ONn3c(ccc43)c(-c3ccccc3)c3nc2C=C3)C=C1. The molecule has 0 spiro atoms. The second-order valence-electron chi connectivity index (χ2n) is 12.2. The van der Waals surface area contributed by atoms with Gasteiger partial charge in [0, 0.05) is 43.7 Å². The Bertz CT molecular complexity index is 2780. The van der Waals surface area contributed by atoms with Gasteiger partial charge in [-0.15, -0.1) is 0 Å². The number of hydrogen-bond acceptors (Lipinski definition) is 5. The lowest BCUT2D eigenvalue weighted by molar-refractivity contribution is 0.349. The highest BCUT2D eigenvalue weighted by Crippen LogP contribution is 2.40. The van der Waals surface area contributed by atoms with Crippen LogP contribution in [0.5, 0.6) is 11.5 Å². The fraction of sp³-hybridized carbons (Fsp3) is 0. The lowest BCUT2D eigenvalue weighted by Gasteiger charge is -2.20. The molecule has 0 unspecified atom stereocenters. The van der Waals surface area contributed by atoms with Crippen LogP contribution in [0, 0.1) is 0 Å². The van der Waals surface area contributed by atoms with E-state index < -0.39 is 0 Å². The van der Waals surface area contributed by atoms with Crippen molar-refractivity contribution in [3.8, 4) is 33.8 Å². The predicted molar refractivity (Wildman–Crippen MR) is 199 cm³/mol.